The molecule has 0 aromatic heterocycles. The van der Waals surface area contributed by atoms with Gasteiger partial charge in [0.2, 0.25) is 0 Å². The van der Waals surface area contributed by atoms with Crippen LogP contribution in [0.3, 0.4) is 0 Å². The maximum absolute atomic E-state index is 13.5. The van der Waals surface area contributed by atoms with E-state index in [1.807, 2.05) is 13.8 Å². The fourth-order valence-corrected chi connectivity index (χ4v) is 3.57. The summed E-state index contributed by atoms with van der Waals surface area (Å²) in [7, 11) is 1.30. The van der Waals surface area contributed by atoms with Gasteiger partial charge in [0, 0.05) is 29.9 Å². The molecule has 0 aliphatic heterocycles. The van der Waals surface area contributed by atoms with Gasteiger partial charge in [0.25, 0.3) is 0 Å². The maximum Gasteiger partial charge on any atom is 0.330 e. The summed E-state index contributed by atoms with van der Waals surface area (Å²) in [5, 5.41) is 11.5. The third kappa shape index (κ3) is 4.47. The van der Waals surface area contributed by atoms with Crippen LogP contribution in [0.25, 0.3) is 0 Å². The van der Waals surface area contributed by atoms with Gasteiger partial charge in [-0.25, -0.2) is 9.18 Å². The Morgan fingerprint density at radius 1 is 1.36 bits per heavy atom. The zero-order valence-corrected chi connectivity index (χ0v) is 17.0. The summed E-state index contributed by atoms with van der Waals surface area (Å²) in [4.78, 5) is 24.2. The van der Waals surface area contributed by atoms with Crippen LogP contribution in [0.4, 0.5) is 4.39 Å². The Morgan fingerprint density at radius 2 is 2.04 bits per heavy atom. The summed E-state index contributed by atoms with van der Waals surface area (Å²) in [6.45, 7) is 7.12. The quantitative estimate of drug-likeness (QED) is 0.470. The second kappa shape index (κ2) is 8.23. The number of hydrogen-bond donors (Lipinski definition) is 1. The van der Waals surface area contributed by atoms with Crippen molar-refractivity contribution in [1.82, 2.24) is 0 Å². The lowest BCUT2D eigenvalue weighted by Gasteiger charge is -2.46. The molecule has 0 radical (unpaired) electrons. The molecule has 1 aromatic carbocycles. The van der Waals surface area contributed by atoms with E-state index in [4.69, 9.17) is 0 Å². The molecule has 0 spiro atoms. The van der Waals surface area contributed by atoms with Gasteiger partial charge in [-0.1, -0.05) is 32.1 Å². The lowest BCUT2D eigenvalue weighted by atomic mass is 9.62. The number of aliphatic hydroxyl groups is 1. The first-order valence-corrected chi connectivity index (χ1v) is 9.16. The number of methoxy groups -OCH3 is 1. The number of ether oxygens (including phenoxy) is 1. The number of esters is 1. The predicted molar refractivity (Wildman–Crippen MR) is 106 cm³/mol. The van der Waals surface area contributed by atoms with Crippen molar-refractivity contribution in [3.63, 3.8) is 0 Å². The van der Waals surface area contributed by atoms with Crippen LogP contribution in [0, 0.1) is 11.2 Å². The fourth-order valence-electron chi connectivity index (χ4n) is 3.57. The van der Waals surface area contributed by atoms with Crippen molar-refractivity contribution in [2.45, 2.75) is 46.1 Å². The standard InChI is InChI=1S/C23H27FO4/c1-15(11-21(26)28-5)9-10-23(27)16(2)19(20(25)14-22(23,3)4)13-17-7-6-8-18(24)12-17/h6-12,27H,13-14H2,1-5H3/t23-/m1/s1. The highest BCUT2D eigenvalue weighted by Gasteiger charge is 2.49. The number of ketones is 1. The molecule has 0 bridgehead atoms. The smallest absolute Gasteiger partial charge is 0.330 e. The molecule has 0 fully saturated rings. The molecule has 5 heteroatoms. The molecule has 1 atom stereocenters. The zero-order valence-electron chi connectivity index (χ0n) is 17.0. The van der Waals surface area contributed by atoms with E-state index in [0.717, 1.165) is 0 Å². The second-order valence-electron chi connectivity index (χ2n) is 7.91. The monoisotopic (exact) mass is 386 g/mol. The normalized spacial score (nSPS) is 22.7. The summed E-state index contributed by atoms with van der Waals surface area (Å²) in [6.07, 6.45) is 5.02. The average molecular weight is 386 g/mol. The van der Waals surface area contributed by atoms with Crippen LogP contribution < -0.4 is 0 Å². The predicted octanol–water partition coefficient (Wildman–Crippen LogP) is 4.09. The first-order chi connectivity index (χ1) is 13.0. The van der Waals surface area contributed by atoms with Gasteiger partial charge in [0.05, 0.1) is 7.11 Å². The minimum Gasteiger partial charge on any atom is -0.466 e. The summed E-state index contributed by atoms with van der Waals surface area (Å²) in [5.41, 5.74) is 0.214. The number of carbonyl (C=O) groups excluding carboxylic acids is 2. The Morgan fingerprint density at radius 3 is 2.64 bits per heavy atom. The highest BCUT2D eigenvalue weighted by atomic mass is 19.1. The Bertz CT molecular complexity index is 876. The van der Waals surface area contributed by atoms with E-state index in [-0.39, 0.29) is 24.4 Å². The Balaban J connectivity index is 2.47. The third-order valence-electron chi connectivity index (χ3n) is 5.40. The largest absolute Gasteiger partial charge is 0.466 e. The van der Waals surface area contributed by atoms with E-state index in [0.29, 0.717) is 22.3 Å². The lowest BCUT2D eigenvalue weighted by molar-refractivity contribution is -0.134. The van der Waals surface area contributed by atoms with Crippen LogP contribution in [0.1, 0.15) is 39.7 Å². The molecular formula is C23H27FO4. The van der Waals surface area contributed by atoms with Crippen LogP contribution in [0.15, 0.2) is 59.2 Å². The van der Waals surface area contributed by atoms with Crippen molar-refractivity contribution in [2.24, 2.45) is 5.41 Å². The lowest BCUT2D eigenvalue weighted by Crippen LogP contribution is -2.49. The average Bonchev–Trinajstić information content (AvgIpc) is 2.61. The first kappa shape index (κ1) is 21.8. The number of benzene rings is 1. The number of carbonyl (C=O) groups is 2. The molecule has 0 unspecified atom stereocenters. The minimum atomic E-state index is -1.38. The highest BCUT2D eigenvalue weighted by Crippen LogP contribution is 2.47. The van der Waals surface area contributed by atoms with Crippen molar-refractivity contribution in [2.75, 3.05) is 7.11 Å². The number of rotatable bonds is 5. The van der Waals surface area contributed by atoms with Crippen LogP contribution in [0.5, 0.6) is 0 Å². The van der Waals surface area contributed by atoms with Crippen molar-refractivity contribution in [1.29, 1.82) is 0 Å². The number of hydrogen-bond acceptors (Lipinski definition) is 4. The Labute approximate surface area is 165 Å². The third-order valence-corrected chi connectivity index (χ3v) is 5.40. The van der Waals surface area contributed by atoms with Crippen molar-refractivity contribution in [3.8, 4) is 0 Å². The Hall–Kier alpha value is -2.53. The van der Waals surface area contributed by atoms with E-state index in [2.05, 4.69) is 4.74 Å². The van der Waals surface area contributed by atoms with Gasteiger partial charge >= 0.3 is 5.97 Å². The SMILES string of the molecule is COC(=O)C=C(C)C=C[C@@]1(O)C(C)=C(Cc2cccc(F)c2)C(=O)CC1(C)C. The molecule has 28 heavy (non-hydrogen) atoms. The van der Waals surface area contributed by atoms with Gasteiger partial charge in [-0.3, -0.25) is 4.79 Å². The van der Waals surface area contributed by atoms with E-state index >= 15 is 0 Å². The van der Waals surface area contributed by atoms with Crippen molar-refractivity contribution >= 4 is 11.8 Å². The fraction of sp³-hybridized carbons (Fsp3) is 0.391. The van der Waals surface area contributed by atoms with Gasteiger partial charge in [-0.2, -0.15) is 0 Å². The zero-order chi connectivity index (χ0) is 21.1. The van der Waals surface area contributed by atoms with E-state index < -0.39 is 17.0 Å². The van der Waals surface area contributed by atoms with Gasteiger partial charge in [0.1, 0.15) is 11.4 Å². The molecule has 2 rings (SSSR count). The van der Waals surface area contributed by atoms with Crippen LogP contribution in [-0.2, 0) is 20.7 Å². The minimum absolute atomic E-state index is 0.0494. The maximum atomic E-state index is 13.5. The van der Waals surface area contributed by atoms with Gasteiger partial charge in [-0.15, -0.1) is 0 Å². The summed E-state index contributed by atoms with van der Waals surface area (Å²) >= 11 is 0. The first-order valence-electron chi connectivity index (χ1n) is 9.16. The molecule has 150 valence electrons. The number of halogens is 1. The molecule has 0 heterocycles. The van der Waals surface area contributed by atoms with Crippen molar-refractivity contribution < 1.29 is 23.8 Å². The summed E-state index contributed by atoms with van der Waals surface area (Å²) < 4.78 is 18.1. The summed E-state index contributed by atoms with van der Waals surface area (Å²) in [6, 6.07) is 6.11. The van der Waals surface area contributed by atoms with E-state index in [9.17, 15) is 19.1 Å². The van der Waals surface area contributed by atoms with Gasteiger partial charge in [0.15, 0.2) is 5.78 Å². The highest BCUT2D eigenvalue weighted by molar-refractivity contribution is 5.98. The molecule has 0 saturated heterocycles. The molecule has 1 aromatic rings. The van der Waals surface area contributed by atoms with Crippen LogP contribution in [0.2, 0.25) is 0 Å². The van der Waals surface area contributed by atoms with Crippen LogP contribution in [-0.4, -0.2) is 29.6 Å². The molecule has 1 N–H and O–H groups in total. The molecule has 0 saturated carbocycles. The number of Topliss-reactive ketones (excluding diaryl/α,β-unsaturated/α-hetero) is 1. The molecule has 4 nitrogen and oxygen atoms in total. The Kier molecular flexibility index (Phi) is 6.40. The molecule has 1 aliphatic carbocycles. The number of allylic oxidation sites excluding steroid dienone is 3. The summed E-state index contributed by atoms with van der Waals surface area (Å²) in [5.74, 6) is -0.893. The van der Waals surface area contributed by atoms with E-state index in [1.165, 1.54) is 25.3 Å². The molecule has 1 aliphatic rings. The molecular weight excluding hydrogens is 359 g/mol. The van der Waals surface area contributed by atoms with E-state index in [1.54, 1.807) is 38.1 Å². The topological polar surface area (TPSA) is 63.6 Å². The van der Waals surface area contributed by atoms with Gasteiger partial charge < -0.3 is 9.84 Å². The van der Waals surface area contributed by atoms with Gasteiger partial charge in [-0.05, 0) is 48.8 Å². The second-order valence-corrected chi connectivity index (χ2v) is 7.91. The van der Waals surface area contributed by atoms with Crippen molar-refractivity contribution in [3.05, 3.63) is 70.6 Å². The van der Waals surface area contributed by atoms with Crippen LogP contribution >= 0.6 is 0 Å². The molecule has 0 amide bonds.